The minimum atomic E-state index is -3.38. The summed E-state index contributed by atoms with van der Waals surface area (Å²) in [5.74, 6) is 2.59. The van der Waals surface area contributed by atoms with E-state index in [1.54, 1.807) is 0 Å². The zero-order valence-corrected chi connectivity index (χ0v) is 7.57. The first-order valence-corrected chi connectivity index (χ1v) is 5.24. The van der Waals surface area contributed by atoms with Crippen molar-refractivity contribution in [3.8, 4) is 12.0 Å². The van der Waals surface area contributed by atoms with E-state index in [1.807, 2.05) is 6.92 Å². The summed E-state index contributed by atoms with van der Waals surface area (Å²) in [6.45, 7) is 2.04. The molecule has 0 aromatic heterocycles. The highest BCUT2D eigenvalue weighted by Gasteiger charge is 1.95. The van der Waals surface area contributed by atoms with Gasteiger partial charge in [-0.05, 0) is 6.42 Å². The predicted molar refractivity (Wildman–Crippen MR) is 43.2 cm³/mol. The van der Waals surface area contributed by atoms with Crippen molar-refractivity contribution in [1.82, 2.24) is 0 Å². The van der Waals surface area contributed by atoms with Gasteiger partial charge in [0.05, 0.1) is 6.26 Å². The summed E-state index contributed by atoms with van der Waals surface area (Å²) in [7, 11) is -3.38. The molecule has 0 aliphatic rings. The normalized spacial score (nSPS) is 10.0. The van der Waals surface area contributed by atoms with Crippen molar-refractivity contribution in [3.63, 3.8) is 0 Å². The quantitative estimate of drug-likeness (QED) is 0.367. The van der Waals surface area contributed by atoms with Crippen LogP contribution in [0.1, 0.15) is 26.2 Å². The molecule has 0 heterocycles. The molecule has 0 fully saturated rings. The SMILES string of the molecule is CCCCC#COS(C)(=O)=O. The van der Waals surface area contributed by atoms with Gasteiger partial charge in [0.1, 0.15) is 6.11 Å². The number of hydrogen-bond acceptors (Lipinski definition) is 3. The Labute approximate surface area is 67.9 Å². The van der Waals surface area contributed by atoms with Crippen LogP contribution in [-0.2, 0) is 14.3 Å². The maximum absolute atomic E-state index is 10.3. The van der Waals surface area contributed by atoms with E-state index < -0.39 is 10.1 Å². The van der Waals surface area contributed by atoms with Crippen molar-refractivity contribution in [2.75, 3.05) is 6.26 Å². The fourth-order valence-electron chi connectivity index (χ4n) is 0.421. The lowest BCUT2D eigenvalue weighted by Crippen LogP contribution is -1.96. The van der Waals surface area contributed by atoms with Crippen LogP contribution in [0.15, 0.2) is 0 Å². The van der Waals surface area contributed by atoms with E-state index in [4.69, 9.17) is 0 Å². The molecule has 0 bridgehead atoms. The first-order valence-electron chi connectivity index (χ1n) is 3.42. The monoisotopic (exact) mass is 176 g/mol. The molecular formula is C7H12O3S. The summed E-state index contributed by atoms with van der Waals surface area (Å²) >= 11 is 0. The number of rotatable bonds is 3. The molecule has 0 aromatic carbocycles. The highest BCUT2D eigenvalue weighted by atomic mass is 32.2. The maximum Gasteiger partial charge on any atom is 0.314 e. The average Bonchev–Trinajstić information content (AvgIpc) is 1.85. The van der Waals surface area contributed by atoms with Crippen LogP contribution >= 0.6 is 0 Å². The minimum Gasteiger partial charge on any atom is -0.328 e. The van der Waals surface area contributed by atoms with Gasteiger partial charge in [-0.15, -0.1) is 0 Å². The molecule has 0 aromatic rings. The van der Waals surface area contributed by atoms with E-state index in [0.717, 1.165) is 19.1 Å². The number of hydrogen-bond donors (Lipinski definition) is 0. The summed E-state index contributed by atoms with van der Waals surface area (Å²) < 4.78 is 24.9. The molecule has 0 saturated carbocycles. The second-order valence-electron chi connectivity index (χ2n) is 2.17. The average molecular weight is 176 g/mol. The van der Waals surface area contributed by atoms with Gasteiger partial charge in [0.2, 0.25) is 0 Å². The van der Waals surface area contributed by atoms with Crippen molar-refractivity contribution in [2.45, 2.75) is 26.2 Å². The molecule has 0 aliphatic heterocycles. The summed E-state index contributed by atoms with van der Waals surface area (Å²) in [6, 6.07) is 0. The van der Waals surface area contributed by atoms with Crippen LogP contribution in [-0.4, -0.2) is 14.7 Å². The Morgan fingerprint density at radius 3 is 2.55 bits per heavy atom. The van der Waals surface area contributed by atoms with Gasteiger partial charge in [0, 0.05) is 6.42 Å². The third kappa shape index (κ3) is 9.31. The first kappa shape index (κ1) is 10.3. The Hall–Kier alpha value is -0.690. The molecular weight excluding hydrogens is 164 g/mol. The third-order valence-corrected chi connectivity index (χ3v) is 1.31. The van der Waals surface area contributed by atoms with Crippen molar-refractivity contribution in [3.05, 3.63) is 0 Å². The summed E-state index contributed by atoms with van der Waals surface area (Å²) in [5, 5.41) is 0. The van der Waals surface area contributed by atoms with E-state index in [1.165, 1.54) is 0 Å². The molecule has 0 unspecified atom stereocenters. The second-order valence-corrected chi connectivity index (χ2v) is 3.74. The van der Waals surface area contributed by atoms with Crippen LogP contribution < -0.4 is 0 Å². The molecule has 11 heavy (non-hydrogen) atoms. The van der Waals surface area contributed by atoms with Gasteiger partial charge in [0.15, 0.2) is 0 Å². The molecule has 0 saturated heterocycles. The minimum absolute atomic E-state index is 0.687. The van der Waals surface area contributed by atoms with E-state index in [0.29, 0.717) is 6.42 Å². The van der Waals surface area contributed by atoms with Gasteiger partial charge in [0.25, 0.3) is 0 Å². The van der Waals surface area contributed by atoms with Gasteiger partial charge in [-0.3, -0.25) is 0 Å². The highest BCUT2D eigenvalue weighted by molar-refractivity contribution is 7.86. The molecule has 0 spiro atoms. The molecule has 0 atom stereocenters. The third-order valence-electron chi connectivity index (χ3n) is 0.921. The molecule has 0 radical (unpaired) electrons. The van der Waals surface area contributed by atoms with Crippen molar-refractivity contribution < 1.29 is 12.6 Å². The van der Waals surface area contributed by atoms with Gasteiger partial charge < -0.3 is 4.18 Å². The van der Waals surface area contributed by atoms with Crippen molar-refractivity contribution in [1.29, 1.82) is 0 Å². The molecule has 3 nitrogen and oxygen atoms in total. The summed E-state index contributed by atoms with van der Waals surface area (Å²) in [6.07, 6.45) is 5.80. The maximum atomic E-state index is 10.3. The fourth-order valence-corrected chi connectivity index (χ4v) is 0.632. The second kappa shape index (κ2) is 5.03. The first-order chi connectivity index (χ1) is 5.06. The molecule has 0 rings (SSSR count). The van der Waals surface area contributed by atoms with Crippen molar-refractivity contribution in [2.24, 2.45) is 0 Å². The van der Waals surface area contributed by atoms with Gasteiger partial charge >= 0.3 is 10.1 Å². The molecule has 64 valence electrons. The Balaban J connectivity index is 3.57. The van der Waals surface area contributed by atoms with Gasteiger partial charge in [-0.2, -0.15) is 8.42 Å². The van der Waals surface area contributed by atoms with Crippen LogP contribution in [0, 0.1) is 12.0 Å². The van der Waals surface area contributed by atoms with Gasteiger partial charge in [-0.1, -0.05) is 19.3 Å². The smallest absolute Gasteiger partial charge is 0.314 e. The summed E-state index contributed by atoms with van der Waals surface area (Å²) in [4.78, 5) is 0. The van der Waals surface area contributed by atoms with Crippen LogP contribution in [0.2, 0.25) is 0 Å². The zero-order valence-electron chi connectivity index (χ0n) is 6.75. The van der Waals surface area contributed by atoms with E-state index in [9.17, 15) is 8.42 Å². The lowest BCUT2D eigenvalue weighted by molar-refractivity contribution is 0.471. The number of unbranched alkanes of at least 4 members (excludes halogenated alkanes) is 2. The Kier molecular flexibility index (Phi) is 4.71. The van der Waals surface area contributed by atoms with E-state index in [-0.39, 0.29) is 0 Å². The lowest BCUT2D eigenvalue weighted by Gasteiger charge is -1.88. The molecule has 0 N–H and O–H groups in total. The standard InChI is InChI=1S/C7H12O3S/c1-3-4-5-6-7-10-11(2,8)9/h3-5H2,1-2H3. The lowest BCUT2D eigenvalue weighted by atomic mass is 10.3. The van der Waals surface area contributed by atoms with E-state index in [2.05, 4.69) is 16.2 Å². The topological polar surface area (TPSA) is 43.4 Å². The molecule has 0 amide bonds. The van der Waals surface area contributed by atoms with Crippen LogP contribution in [0.5, 0.6) is 0 Å². The predicted octanol–water partition coefficient (Wildman–Crippen LogP) is 1.11. The summed E-state index contributed by atoms with van der Waals surface area (Å²) in [5.41, 5.74) is 0. The van der Waals surface area contributed by atoms with E-state index >= 15 is 0 Å². The van der Waals surface area contributed by atoms with Crippen LogP contribution in [0.3, 0.4) is 0 Å². The van der Waals surface area contributed by atoms with Gasteiger partial charge in [-0.25, -0.2) is 0 Å². The molecule has 4 heteroatoms. The Bertz CT molecular complexity index is 243. The van der Waals surface area contributed by atoms with Crippen LogP contribution in [0.25, 0.3) is 0 Å². The molecule has 0 aliphatic carbocycles. The zero-order chi connectivity index (χ0) is 8.74. The highest BCUT2D eigenvalue weighted by Crippen LogP contribution is 1.91. The fraction of sp³-hybridized carbons (Fsp3) is 0.714. The van der Waals surface area contributed by atoms with Crippen LogP contribution in [0.4, 0.5) is 0 Å². The largest absolute Gasteiger partial charge is 0.328 e. The Morgan fingerprint density at radius 2 is 2.09 bits per heavy atom. The van der Waals surface area contributed by atoms with Crippen molar-refractivity contribution >= 4 is 10.1 Å². The Morgan fingerprint density at radius 1 is 1.45 bits per heavy atom.